The Morgan fingerprint density at radius 2 is 1.88 bits per heavy atom. The lowest BCUT2D eigenvalue weighted by Crippen LogP contribution is -2.00. The third kappa shape index (κ3) is 3.20. The van der Waals surface area contributed by atoms with Gasteiger partial charge in [0.15, 0.2) is 6.29 Å². The van der Waals surface area contributed by atoms with Crippen molar-refractivity contribution in [3.8, 4) is 5.75 Å². The van der Waals surface area contributed by atoms with Crippen LogP contribution in [-0.2, 0) is 9.47 Å². The number of alkyl halides is 1. The second-order valence-corrected chi connectivity index (χ2v) is 4.33. The summed E-state index contributed by atoms with van der Waals surface area (Å²) in [5.74, 6) is 0.891. The molecule has 1 fully saturated rings. The fraction of sp³-hybridized carbons (Fsp3) is 0.500. The summed E-state index contributed by atoms with van der Waals surface area (Å²) in [5, 5.41) is 0.967. The first kappa shape index (κ1) is 11.9. The molecule has 1 aliphatic heterocycles. The first-order valence-corrected chi connectivity index (χ1v) is 6.54. The number of rotatable bonds is 5. The Bertz CT molecular complexity index is 307. The Balaban J connectivity index is 1.88. The predicted molar refractivity (Wildman–Crippen MR) is 65.0 cm³/mol. The molecule has 3 nitrogen and oxygen atoms in total. The molecule has 0 spiro atoms. The van der Waals surface area contributed by atoms with Crippen molar-refractivity contribution >= 4 is 15.9 Å². The van der Waals surface area contributed by atoms with E-state index in [2.05, 4.69) is 15.9 Å². The molecule has 16 heavy (non-hydrogen) atoms. The molecule has 1 saturated heterocycles. The Hall–Kier alpha value is -0.580. The van der Waals surface area contributed by atoms with Crippen LogP contribution >= 0.6 is 15.9 Å². The van der Waals surface area contributed by atoms with E-state index in [4.69, 9.17) is 14.2 Å². The van der Waals surface area contributed by atoms with Crippen LogP contribution in [0, 0.1) is 0 Å². The lowest BCUT2D eigenvalue weighted by atomic mass is 10.2. The van der Waals surface area contributed by atoms with E-state index in [0.29, 0.717) is 13.2 Å². The van der Waals surface area contributed by atoms with Crippen LogP contribution < -0.4 is 4.74 Å². The molecule has 0 unspecified atom stereocenters. The summed E-state index contributed by atoms with van der Waals surface area (Å²) in [5.41, 5.74) is 1.05. The summed E-state index contributed by atoms with van der Waals surface area (Å²) in [7, 11) is 0. The van der Waals surface area contributed by atoms with Crippen molar-refractivity contribution < 1.29 is 14.2 Å². The molecule has 2 rings (SSSR count). The average Bonchev–Trinajstić information content (AvgIpc) is 2.84. The van der Waals surface area contributed by atoms with E-state index in [1.807, 2.05) is 24.3 Å². The molecular formula is C12H15BrO3. The van der Waals surface area contributed by atoms with E-state index >= 15 is 0 Å². The number of hydrogen-bond donors (Lipinski definition) is 0. The van der Waals surface area contributed by atoms with E-state index in [-0.39, 0.29) is 6.29 Å². The minimum absolute atomic E-state index is 0.198. The summed E-state index contributed by atoms with van der Waals surface area (Å²) in [4.78, 5) is 0. The highest BCUT2D eigenvalue weighted by atomic mass is 79.9. The lowest BCUT2D eigenvalue weighted by molar-refractivity contribution is -0.0441. The summed E-state index contributed by atoms with van der Waals surface area (Å²) in [6.07, 6.45) is 0.813. The first-order chi connectivity index (χ1) is 7.90. The predicted octanol–water partition coefficient (Wildman–Crippen LogP) is 2.90. The zero-order valence-electron chi connectivity index (χ0n) is 9.02. The summed E-state index contributed by atoms with van der Waals surface area (Å²) >= 11 is 3.37. The molecule has 0 amide bonds. The molecule has 1 aromatic rings. The van der Waals surface area contributed by atoms with Gasteiger partial charge in [-0.05, 0) is 18.6 Å². The van der Waals surface area contributed by atoms with Gasteiger partial charge in [-0.3, -0.25) is 0 Å². The van der Waals surface area contributed by atoms with Crippen LogP contribution in [0.3, 0.4) is 0 Å². The van der Waals surface area contributed by atoms with Gasteiger partial charge in [-0.2, -0.15) is 0 Å². The van der Waals surface area contributed by atoms with Gasteiger partial charge in [0.1, 0.15) is 5.75 Å². The first-order valence-electron chi connectivity index (χ1n) is 5.42. The van der Waals surface area contributed by atoms with Gasteiger partial charge in [-0.1, -0.05) is 28.1 Å². The van der Waals surface area contributed by atoms with Gasteiger partial charge >= 0.3 is 0 Å². The van der Waals surface area contributed by atoms with Crippen molar-refractivity contribution in [2.45, 2.75) is 12.7 Å². The maximum absolute atomic E-state index is 5.55. The number of hydrogen-bond acceptors (Lipinski definition) is 3. The smallest absolute Gasteiger partial charge is 0.184 e. The van der Waals surface area contributed by atoms with Crippen LogP contribution in [0.5, 0.6) is 5.75 Å². The standard InChI is InChI=1S/C12H15BrO3/c13-6-1-7-14-11-4-2-10(3-5-11)12-15-8-9-16-12/h2-5,12H,1,6-9H2. The van der Waals surface area contributed by atoms with Gasteiger partial charge in [-0.25, -0.2) is 0 Å². The van der Waals surface area contributed by atoms with Crippen molar-refractivity contribution in [3.63, 3.8) is 0 Å². The fourth-order valence-corrected chi connectivity index (χ4v) is 1.75. The summed E-state index contributed by atoms with van der Waals surface area (Å²) in [6, 6.07) is 7.88. The third-order valence-corrected chi connectivity index (χ3v) is 2.88. The second-order valence-electron chi connectivity index (χ2n) is 3.53. The molecule has 1 aliphatic rings. The van der Waals surface area contributed by atoms with Crippen LogP contribution in [0.4, 0.5) is 0 Å². The second kappa shape index (κ2) is 6.23. The zero-order chi connectivity index (χ0) is 11.2. The van der Waals surface area contributed by atoms with Gasteiger partial charge < -0.3 is 14.2 Å². The van der Waals surface area contributed by atoms with Crippen molar-refractivity contribution in [2.75, 3.05) is 25.2 Å². The van der Waals surface area contributed by atoms with Gasteiger partial charge in [0.2, 0.25) is 0 Å². The highest BCUT2D eigenvalue weighted by Crippen LogP contribution is 2.24. The number of ether oxygens (including phenoxy) is 3. The van der Waals surface area contributed by atoms with Crippen molar-refractivity contribution in [1.29, 1.82) is 0 Å². The van der Waals surface area contributed by atoms with Crippen molar-refractivity contribution in [1.82, 2.24) is 0 Å². The van der Waals surface area contributed by atoms with Crippen LogP contribution in [0.15, 0.2) is 24.3 Å². The largest absolute Gasteiger partial charge is 0.494 e. The molecule has 0 bridgehead atoms. The van der Waals surface area contributed by atoms with E-state index in [1.54, 1.807) is 0 Å². The quantitative estimate of drug-likeness (QED) is 0.615. The molecule has 0 aliphatic carbocycles. The molecule has 0 N–H and O–H groups in total. The van der Waals surface area contributed by atoms with E-state index in [1.165, 1.54) is 0 Å². The SMILES string of the molecule is BrCCCOc1ccc(C2OCCO2)cc1. The van der Waals surface area contributed by atoms with Crippen LogP contribution in [0.25, 0.3) is 0 Å². The number of benzene rings is 1. The molecular weight excluding hydrogens is 272 g/mol. The molecule has 1 heterocycles. The third-order valence-electron chi connectivity index (χ3n) is 2.32. The molecule has 88 valence electrons. The van der Waals surface area contributed by atoms with Gasteiger partial charge in [0.25, 0.3) is 0 Å². The monoisotopic (exact) mass is 286 g/mol. The number of halogens is 1. The normalized spacial score (nSPS) is 16.6. The summed E-state index contributed by atoms with van der Waals surface area (Å²) < 4.78 is 16.4. The molecule has 0 saturated carbocycles. The minimum Gasteiger partial charge on any atom is -0.494 e. The molecule has 0 atom stereocenters. The van der Waals surface area contributed by atoms with E-state index < -0.39 is 0 Å². The van der Waals surface area contributed by atoms with Crippen LogP contribution in [0.2, 0.25) is 0 Å². The Labute approximate surface area is 104 Å². The zero-order valence-corrected chi connectivity index (χ0v) is 10.6. The lowest BCUT2D eigenvalue weighted by Gasteiger charge is -2.10. The minimum atomic E-state index is -0.198. The average molecular weight is 287 g/mol. The molecule has 4 heteroatoms. The Morgan fingerprint density at radius 3 is 2.50 bits per heavy atom. The Morgan fingerprint density at radius 1 is 1.19 bits per heavy atom. The van der Waals surface area contributed by atoms with Crippen LogP contribution in [-0.4, -0.2) is 25.2 Å². The highest BCUT2D eigenvalue weighted by Gasteiger charge is 2.17. The highest BCUT2D eigenvalue weighted by molar-refractivity contribution is 9.09. The summed E-state index contributed by atoms with van der Waals surface area (Å²) in [6.45, 7) is 2.09. The maximum Gasteiger partial charge on any atom is 0.184 e. The van der Waals surface area contributed by atoms with E-state index in [9.17, 15) is 0 Å². The molecule has 1 aromatic carbocycles. The van der Waals surface area contributed by atoms with E-state index in [0.717, 1.165) is 29.7 Å². The Kier molecular flexibility index (Phi) is 4.63. The topological polar surface area (TPSA) is 27.7 Å². The van der Waals surface area contributed by atoms with Gasteiger partial charge in [0, 0.05) is 10.9 Å². The molecule has 0 aromatic heterocycles. The van der Waals surface area contributed by atoms with Crippen LogP contribution in [0.1, 0.15) is 18.3 Å². The van der Waals surface area contributed by atoms with Gasteiger partial charge in [-0.15, -0.1) is 0 Å². The van der Waals surface area contributed by atoms with Gasteiger partial charge in [0.05, 0.1) is 19.8 Å². The fourth-order valence-electron chi connectivity index (χ4n) is 1.52. The van der Waals surface area contributed by atoms with Crippen molar-refractivity contribution in [2.24, 2.45) is 0 Å². The van der Waals surface area contributed by atoms with Crippen molar-refractivity contribution in [3.05, 3.63) is 29.8 Å². The molecule has 0 radical (unpaired) electrons. The maximum atomic E-state index is 5.55.